The van der Waals surface area contributed by atoms with Gasteiger partial charge in [-0.05, 0) is 25.0 Å². The Labute approximate surface area is 183 Å². The van der Waals surface area contributed by atoms with E-state index < -0.39 is 0 Å². The van der Waals surface area contributed by atoms with Crippen LogP contribution < -0.4 is 5.32 Å². The number of nitrogens with one attached hydrogen (secondary N) is 1. The lowest BCUT2D eigenvalue weighted by Crippen LogP contribution is -2.40. The first-order chi connectivity index (χ1) is 13.3. The number of ether oxygens (including phenoxy) is 2. The predicted octanol–water partition coefficient (Wildman–Crippen LogP) is 1.84. The number of rotatable bonds is 9. The number of aliphatic imine (C=N–C) groups is 1. The summed E-state index contributed by atoms with van der Waals surface area (Å²) in [6.07, 6.45) is 5.01. The van der Waals surface area contributed by atoms with Crippen molar-refractivity contribution in [3.8, 4) is 0 Å². The van der Waals surface area contributed by atoms with Gasteiger partial charge in [0.15, 0.2) is 11.6 Å². The van der Waals surface area contributed by atoms with E-state index in [1.807, 2.05) is 35.8 Å². The van der Waals surface area contributed by atoms with Crippen LogP contribution in [0.2, 0.25) is 0 Å². The van der Waals surface area contributed by atoms with Crippen LogP contribution in [0.3, 0.4) is 0 Å². The maximum atomic E-state index is 5.67. The van der Waals surface area contributed by atoms with Gasteiger partial charge >= 0.3 is 0 Å². The molecule has 1 aliphatic heterocycles. The summed E-state index contributed by atoms with van der Waals surface area (Å²) in [5.74, 6) is 2.53. The highest BCUT2D eigenvalue weighted by Crippen LogP contribution is 2.16. The Morgan fingerprint density at radius 3 is 3.04 bits per heavy atom. The number of likely N-dealkylation sites (tertiary alicyclic amines) is 1. The van der Waals surface area contributed by atoms with Gasteiger partial charge < -0.3 is 19.7 Å². The second-order valence-corrected chi connectivity index (χ2v) is 6.79. The Hall–Kier alpha value is -1.46. The predicted molar refractivity (Wildman–Crippen MR) is 120 cm³/mol. The molecule has 0 saturated carbocycles. The van der Waals surface area contributed by atoms with Crippen LogP contribution in [0, 0.1) is 5.92 Å². The van der Waals surface area contributed by atoms with E-state index in [1.54, 1.807) is 7.11 Å². The van der Waals surface area contributed by atoms with E-state index in [2.05, 4.69) is 25.4 Å². The van der Waals surface area contributed by atoms with Crippen molar-refractivity contribution in [2.45, 2.75) is 19.3 Å². The van der Waals surface area contributed by atoms with E-state index >= 15 is 0 Å². The summed E-state index contributed by atoms with van der Waals surface area (Å²) in [6.45, 7) is 4.98. The van der Waals surface area contributed by atoms with Crippen LogP contribution in [-0.4, -0.2) is 79.1 Å². The van der Waals surface area contributed by atoms with Crippen LogP contribution in [0.15, 0.2) is 29.4 Å². The molecule has 3 rings (SSSR count). The summed E-state index contributed by atoms with van der Waals surface area (Å²) in [4.78, 5) is 6.75. The van der Waals surface area contributed by atoms with E-state index in [4.69, 9.17) is 9.47 Å². The molecule has 8 nitrogen and oxygen atoms in total. The lowest BCUT2D eigenvalue weighted by atomic mass is 10.1. The first kappa shape index (κ1) is 22.8. The molecule has 1 saturated heterocycles. The largest absolute Gasteiger partial charge is 0.382 e. The zero-order valence-electron chi connectivity index (χ0n) is 16.7. The maximum Gasteiger partial charge on any atom is 0.193 e. The minimum atomic E-state index is 0. The van der Waals surface area contributed by atoms with Gasteiger partial charge in [0.1, 0.15) is 5.82 Å². The average molecular weight is 502 g/mol. The van der Waals surface area contributed by atoms with E-state index in [-0.39, 0.29) is 24.0 Å². The van der Waals surface area contributed by atoms with Gasteiger partial charge in [-0.3, -0.25) is 9.39 Å². The number of hydrogen-bond acceptors (Lipinski definition) is 5. The van der Waals surface area contributed by atoms with Crippen molar-refractivity contribution in [3.63, 3.8) is 0 Å². The fourth-order valence-electron chi connectivity index (χ4n) is 3.39. The van der Waals surface area contributed by atoms with Crippen LogP contribution in [0.4, 0.5) is 0 Å². The molecule has 2 aromatic rings. The number of methoxy groups -OCH3 is 1. The third kappa shape index (κ3) is 6.28. The highest BCUT2D eigenvalue weighted by Gasteiger charge is 2.24. The highest BCUT2D eigenvalue weighted by atomic mass is 127. The minimum Gasteiger partial charge on any atom is -0.382 e. The van der Waals surface area contributed by atoms with Gasteiger partial charge in [0.2, 0.25) is 0 Å². The van der Waals surface area contributed by atoms with Gasteiger partial charge in [0, 0.05) is 52.3 Å². The topological polar surface area (TPSA) is 76.3 Å². The zero-order chi connectivity index (χ0) is 18.9. The highest BCUT2D eigenvalue weighted by molar-refractivity contribution is 14.0. The molecule has 1 atom stereocenters. The molecule has 2 aromatic heterocycles. The number of fused-ring (bicyclic) bond motifs is 1. The molecule has 156 valence electrons. The third-order valence-corrected chi connectivity index (χ3v) is 4.83. The third-order valence-electron chi connectivity index (χ3n) is 4.83. The molecule has 0 amide bonds. The number of aromatic nitrogens is 3. The number of pyridine rings is 1. The van der Waals surface area contributed by atoms with Crippen molar-refractivity contribution in [2.75, 3.05) is 53.6 Å². The number of aryl methyl sites for hydroxylation is 1. The molecular formula is C19H31IN6O2. The fraction of sp³-hybridized carbons (Fsp3) is 0.632. The molecule has 28 heavy (non-hydrogen) atoms. The zero-order valence-corrected chi connectivity index (χ0v) is 19.0. The molecule has 1 fully saturated rings. The average Bonchev–Trinajstić information content (AvgIpc) is 3.33. The van der Waals surface area contributed by atoms with E-state index in [0.717, 1.165) is 62.9 Å². The SMILES string of the molecule is CN=C(NCCCc1nnc2ccccn12)N1CCC(COCCOC)C1.I. The molecule has 9 heteroatoms. The lowest BCUT2D eigenvalue weighted by molar-refractivity contribution is 0.0536. The van der Waals surface area contributed by atoms with Crippen molar-refractivity contribution in [2.24, 2.45) is 10.9 Å². The summed E-state index contributed by atoms with van der Waals surface area (Å²) in [5.41, 5.74) is 0.895. The van der Waals surface area contributed by atoms with E-state index in [1.165, 1.54) is 0 Å². The van der Waals surface area contributed by atoms with Crippen molar-refractivity contribution in [3.05, 3.63) is 30.2 Å². The minimum absolute atomic E-state index is 0. The van der Waals surface area contributed by atoms with Crippen molar-refractivity contribution in [1.82, 2.24) is 24.8 Å². The second kappa shape index (κ2) is 12.2. The van der Waals surface area contributed by atoms with Crippen LogP contribution in [0.5, 0.6) is 0 Å². The molecule has 3 heterocycles. The first-order valence-electron chi connectivity index (χ1n) is 9.62. The molecule has 1 N–H and O–H groups in total. The molecule has 0 radical (unpaired) electrons. The standard InChI is InChI=1S/C19H30N6O2.HI/c1-20-19(24-11-8-16(14-24)15-27-13-12-26-2)21-9-5-7-18-23-22-17-6-3-4-10-25(17)18;/h3-4,6,10,16H,5,7-9,11-15H2,1-2H3,(H,20,21);1H. The fourth-order valence-corrected chi connectivity index (χ4v) is 3.39. The van der Waals surface area contributed by atoms with E-state index in [9.17, 15) is 0 Å². The van der Waals surface area contributed by atoms with Gasteiger partial charge in [0.25, 0.3) is 0 Å². The molecular weight excluding hydrogens is 471 g/mol. The Morgan fingerprint density at radius 1 is 1.32 bits per heavy atom. The molecule has 1 unspecified atom stereocenters. The van der Waals surface area contributed by atoms with Gasteiger partial charge in [-0.15, -0.1) is 34.2 Å². The normalized spacial score (nSPS) is 17.1. The van der Waals surface area contributed by atoms with Gasteiger partial charge in [-0.25, -0.2) is 0 Å². The van der Waals surface area contributed by atoms with Crippen molar-refractivity contribution >= 4 is 35.6 Å². The van der Waals surface area contributed by atoms with Gasteiger partial charge in [0.05, 0.1) is 19.8 Å². The second-order valence-electron chi connectivity index (χ2n) is 6.79. The summed E-state index contributed by atoms with van der Waals surface area (Å²) >= 11 is 0. The van der Waals surface area contributed by atoms with Gasteiger partial charge in [-0.2, -0.15) is 0 Å². The molecule has 1 aliphatic rings. The summed E-state index contributed by atoms with van der Waals surface area (Å²) < 4.78 is 12.7. The Kier molecular flexibility index (Phi) is 9.93. The van der Waals surface area contributed by atoms with Crippen molar-refractivity contribution < 1.29 is 9.47 Å². The quantitative estimate of drug-likeness (QED) is 0.244. The monoisotopic (exact) mass is 502 g/mol. The lowest BCUT2D eigenvalue weighted by Gasteiger charge is -2.21. The Morgan fingerprint density at radius 2 is 2.21 bits per heavy atom. The smallest absolute Gasteiger partial charge is 0.193 e. The maximum absolute atomic E-state index is 5.67. The van der Waals surface area contributed by atoms with Crippen LogP contribution in [0.25, 0.3) is 5.65 Å². The van der Waals surface area contributed by atoms with Crippen LogP contribution >= 0.6 is 24.0 Å². The summed E-state index contributed by atoms with van der Waals surface area (Å²) in [5, 5.41) is 12.0. The van der Waals surface area contributed by atoms with Crippen LogP contribution in [0.1, 0.15) is 18.7 Å². The number of nitrogens with zero attached hydrogens (tertiary/aromatic N) is 5. The molecule has 0 aliphatic carbocycles. The number of hydrogen-bond donors (Lipinski definition) is 1. The van der Waals surface area contributed by atoms with E-state index in [0.29, 0.717) is 19.1 Å². The summed E-state index contributed by atoms with van der Waals surface area (Å²) in [6, 6.07) is 5.95. The van der Waals surface area contributed by atoms with Crippen molar-refractivity contribution in [1.29, 1.82) is 0 Å². The molecule has 0 aromatic carbocycles. The van der Waals surface area contributed by atoms with Crippen LogP contribution in [-0.2, 0) is 15.9 Å². The Bertz CT molecular complexity index is 738. The Balaban J connectivity index is 0.00000280. The summed E-state index contributed by atoms with van der Waals surface area (Å²) in [7, 11) is 3.54. The molecule has 0 spiro atoms. The van der Waals surface area contributed by atoms with Gasteiger partial charge in [-0.1, -0.05) is 6.07 Å². The first-order valence-corrected chi connectivity index (χ1v) is 9.62. The molecule has 0 bridgehead atoms. The number of guanidine groups is 1. The number of halogens is 1.